The number of carboxylic acids is 1. The van der Waals surface area contributed by atoms with Gasteiger partial charge in [-0.3, -0.25) is 10.1 Å². The van der Waals surface area contributed by atoms with Gasteiger partial charge in [0.1, 0.15) is 0 Å². The van der Waals surface area contributed by atoms with E-state index in [0.717, 1.165) is 25.5 Å². The van der Waals surface area contributed by atoms with Crippen molar-refractivity contribution in [1.29, 1.82) is 0 Å². The molecule has 0 amide bonds. The first-order valence-corrected chi connectivity index (χ1v) is 7.17. The van der Waals surface area contributed by atoms with Crippen LogP contribution in [0.5, 0.6) is 0 Å². The van der Waals surface area contributed by atoms with Crippen LogP contribution < -0.4 is 4.90 Å². The van der Waals surface area contributed by atoms with Crippen molar-refractivity contribution in [3.63, 3.8) is 0 Å². The van der Waals surface area contributed by atoms with Gasteiger partial charge in [-0.1, -0.05) is 11.6 Å². The zero-order valence-corrected chi connectivity index (χ0v) is 12.6. The van der Waals surface area contributed by atoms with E-state index in [-0.39, 0.29) is 22.3 Å². The van der Waals surface area contributed by atoms with E-state index in [1.807, 2.05) is 18.7 Å². The first kappa shape index (κ1) is 15.6. The number of benzene rings is 1. The van der Waals surface area contributed by atoms with Crippen LogP contribution in [0.15, 0.2) is 12.1 Å². The average molecular weight is 313 g/mol. The number of anilines is 1. The van der Waals surface area contributed by atoms with Gasteiger partial charge in [-0.15, -0.1) is 0 Å². The van der Waals surface area contributed by atoms with Gasteiger partial charge in [0.15, 0.2) is 0 Å². The van der Waals surface area contributed by atoms with Crippen LogP contribution in [0, 0.1) is 16.0 Å². The minimum atomic E-state index is -1.21. The molecule has 6 nitrogen and oxygen atoms in total. The number of nitro groups is 1. The lowest BCUT2D eigenvalue weighted by Crippen LogP contribution is -2.34. The molecule has 0 spiro atoms. The summed E-state index contributed by atoms with van der Waals surface area (Å²) >= 11 is 6.16. The second-order valence-corrected chi connectivity index (χ2v) is 5.98. The molecule has 1 saturated carbocycles. The molecule has 1 fully saturated rings. The second-order valence-electron chi connectivity index (χ2n) is 5.58. The number of rotatable bonds is 6. The number of aromatic carboxylic acids is 1. The van der Waals surface area contributed by atoms with Crippen molar-refractivity contribution in [3.8, 4) is 0 Å². The molecule has 0 atom stereocenters. The van der Waals surface area contributed by atoms with E-state index in [0.29, 0.717) is 11.6 Å². The molecule has 1 aromatic carbocycles. The molecule has 0 aliphatic heterocycles. The molecule has 7 heteroatoms. The molecule has 1 N–H and O–H groups in total. The van der Waals surface area contributed by atoms with Gasteiger partial charge >= 0.3 is 5.97 Å². The van der Waals surface area contributed by atoms with Gasteiger partial charge in [-0.2, -0.15) is 0 Å². The van der Waals surface area contributed by atoms with Crippen molar-refractivity contribution in [3.05, 3.63) is 32.8 Å². The molecule has 1 aromatic rings. The summed E-state index contributed by atoms with van der Waals surface area (Å²) in [6, 6.07) is 2.35. The summed E-state index contributed by atoms with van der Waals surface area (Å²) in [5, 5.41) is 20.3. The molecule has 0 heterocycles. The summed E-state index contributed by atoms with van der Waals surface area (Å²) in [5.41, 5.74) is -0.0588. The molecule has 114 valence electrons. The zero-order valence-electron chi connectivity index (χ0n) is 11.9. The molecule has 1 aliphatic rings. The van der Waals surface area contributed by atoms with Crippen molar-refractivity contribution in [2.45, 2.75) is 32.7 Å². The Labute approximate surface area is 127 Å². The van der Waals surface area contributed by atoms with Gasteiger partial charge in [0, 0.05) is 24.7 Å². The van der Waals surface area contributed by atoms with Gasteiger partial charge in [0.25, 0.3) is 5.69 Å². The Kier molecular flexibility index (Phi) is 4.37. The topological polar surface area (TPSA) is 83.7 Å². The highest BCUT2D eigenvalue weighted by molar-refractivity contribution is 6.34. The average Bonchev–Trinajstić information content (AvgIpc) is 3.18. The van der Waals surface area contributed by atoms with E-state index in [9.17, 15) is 20.0 Å². The fourth-order valence-electron chi connectivity index (χ4n) is 2.28. The molecule has 2 rings (SSSR count). The van der Waals surface area contributed by atoms with E-state index in [4.69, 9.17) is 11.6 Å². The molecule has 0 radical (unpaired) electrons. The number of carboxylic acid groups (broad SMARTS) is 1. The van der Waals surface area contributed by atoms with Crippen LogP contribution in [-0.2, 0) is 0 Å². The zero-order chi connectivity index (χ0) is 15.7. The summed E-state index contributed by atoms with van der Waals surface area (Å²) in [6.07, 6.45) is 2.24. The molecule has 21 heavy (non-hydrogen) atoms. The van der Waals surface area contributed by atoms with E-state index in [1.165, 1.54) is 6.07 Å². The number of halogens is 1. The Bertz CT molecular complexity index is 585. The summed E-state index contributed by atoms with van der Waals surface area (Å²) in [5.74, 6) is -0.669. The first-order valence-electron chi connectivity index (χ1n) is 6.79. The fourth-order valence-corrected chi connectivity index (χ4v) is 2.61. The van der Waals surface area contributed by atoms with Gasteiger partial charge < -0.3 is 10.0 Å². The van der Waals surface area contributed by atoms with E-state index in [1.54, 1.807) is 0 Å². The third kappa shape index (κ3) is 3.44. The Morgan fingerprint density at radius 1 is 1.52 bits per heavy atom. The number of nitrogens with zero attached hydrogens (tertiary/aromatic N) is 2. The number of hydrogen-bond donors (Lipinski definition) is 1. The van der Waals surface area contributed by atoms with Crippen LogP contribution in [0.2, 0.25) is 5.02 Å². The Morgan fingerprint density at radius 3 is 2.57 bits per heavy atom. The monoisotopic (exact) mass is 312 g/mol. The summed E-state index contributed by atoms with van der Waals surface area (Å²) in [7, 11) is 0. The predicted octanol–water partition coefficient (Wildman–Crippen LogP) is 3.57. The number of carbonyl (C=O) groups is 1. The third-order valence-corrected chi connectivity index (χ3v) is 3.84. The van der Waals surface area contributed by atoms with Gasteiger partial charge in [-0.05, 0) is 32.6 Å². The summed E-state index contributed by atoms with van der Waals surface area (Å²) in [6.45, 7) is 4.62. The van der Waals surface area contributed by atoms with Crippen LogP contribution >= 0.6 is 11.6 Å². The molecular formula is C14H17ClN2O4. The van der Waals surface area contributed by atoms with Crippen LogP contribution in [0.1, 0.15) is 37.0 Å². The minimum Gasteiger partial charge on any atom is -0.478 e. The maximum Gasteiger partial charge on any atom is 0.338 e. The quantitative estimate of drug-likeness (QED) is 0.641. The van der Waals surface area contributed by atoms with Crippen LogP contribution in [0.3, 0.4) is 0 Å². The third-order valence-electron chi connectivity index (χ3n) is 3.55. The molecule has 0 saturated heterocycles. The summed E-state index contributed by atoms with van der Waals surface area (Å²) in [4.78, 5) is 23.6. The number of hydrogen-bond acceptors (Lipinski definition) is 4. The minimum absolute atomic E-state index is 0.0580. The van der Waals surface area contributed by atoms with Crippen molar-refractivity contribution in [2.24, 2.45) is 5.92 Å². The lowest BCUT2D eigenvalue weighted by atomic mass is 10.1. The second kappa shape index (κ2) is 5.89. The first-order chi connectivity index (χ1) is 9.81. The van der Waals surface area contributed by atoms with Crippen molar-refractivity contribution in [2.75, 3.05) is 11.4 Å². The number of nitro benzene ring substituents is 1. The van der Waals surface area contributed by atoms with Crippen molar-refractivity contribution in [1.82, 2.24) is 0 Å². The Morgan fingerprint density at radius 2 is 2.14 bits per heavy atom. The van der Waals surface area contributed by atoms with Crippen molar-refractivity contribution >= 4 is 28.9 Å². The Hall–Kier alpha value is -1.82. The number of non-ortho nitro benzene ring substituents is 1. The van der Waals surface area contributed by atoms with Gasteiger partial charge in [0.2, 0.25) is 0 Å². The molecule has 0 aromatic heterocycles. The lowest BCUT2D eigenvalue weighted by Gasteiger charge is -2.31. The molecule has 1 aliphatic carbocycles. The SMILES string of the molecule is CC(C)N(CC1CC1)c1c(Cl)cc([N+](=O)[O-])cc1C(=O)O. The smallest absolute Gasteiger partial charge is 0.338 e. The standard InChI is InChI=1S/C14H17ClN2O4/c1-8(2)16(7-9-3-4-9)13-11(14(18)19)5-10(17(20)21)6-12(13)15/h5-6,8-9H,3-4,7H2,1-2H3,(H,18,19). The highest BCUT2D eigenvalue weighted by Gasteiger charge is 2.30. The predicted molar refractivity (Wildman–Crippen MR) is 80.3 cm³/mol. The van der Waals surface area contributed by atoms with Gasteiger partial charge in [-0.25, -0.2) is 4.79 Å². The Balaban J connectivity index is 2.53. The maximum atomic E-state index is 11.5. The maximum absolute atomic E-state index is 11.5. The van der Waals surface area contributed by atoms with Crippen LogP contribution in [-0.4, -0.2) is 28.6 Å². The molecule has 0 bridgehead atoms. The normalized spacial score (nSPS) is 14.3. The van der Waals surface area contributed by atoms with Crippen molar-refractivity contribution < 1.29 is 14.8 Å². The van der Waals surface area contributed by atoms with E-state index < -0.39 is 10.9 Å². The lowest BCUT2D eigenvalue weighted by molar-refractivity contribution is -0.384. The van der Waals surface area contributed by atoms with Crippen LogP contribution in [0.4, 0.5) is 11.4 Å². The molecular weight excluding hydrogens is 296 g/mol. The van der Waals surface area contributed by atoms with Gasteiger partial charge in [0.05, 0.1) is 21.2 Å². The highest BCUT2D eigenvalue weighted by Crippen LogP contribution is 2.38. The summed E-state index contributed by atoms with van der Waals surface area (Å²) < 4.78 is 0. The molecule has 0 unspecified atom stereocenters. The van der Waals surface area contributed by atoms with Crippen LogP contribution in [0.25, 0.3) is 0 Å². The van der Waals surface area contributed by atoms with E-state index >= 15 is 0 Å². The highest BCUT2D eigenvalue weighted by atomic mass is 35.5. The van der Waals surface area contributed by atoms with E-state index in [2.05, 4.69) is 0 Å². The largest absolute Gasteiger partial charge is 0.478 e. The fraction of sp³-hybridized carbons (Fsp3) is 0.500.